The number of nitrogens with zero attached hydrogens (tertiary/aromatic N) is 2. The third kappa shape index (κ3) is 3.13. The molecule has 0 aromatic carbocycles. The molecule has 6 nitrogen and oxygen atoms in total. The number of primary amides is 1. The summed E-state index contributed by atoms with van der Waals surface area (Å²) in [4.78, 5) is 19.2. The van der Waals surface area contributed by atoms with E-state index in [0.717, 1.165) is 0 Å². The van der Waals surface area contributed by atoms with Crippen molar-refractivity contribution in [2.75, 3.05) is 12.3 Å². The molecule has 1 aromatic heterocycles. The van der Waals surface area contributed by atoms with E-state index in [9.17, 15) is 4.79 Å². The third-order valence-corrected chi connectivity index (χ3v) is 2.31. The van der Waals surface area contributed by atoms with Crippen LogP contribution in [-0.4, -0.2) is 22.5 Å². The number of carbonyl (C=O) groups is 1. The molecule has 17 heavy (non-hydrogen) atoms. The van der Waals surface area contributed by atoms with Gasteiger partial charge in [-0.1, -0.05) is 13.8 Å². The Morgan fingerprint density at radius 3 is 2.59 bits per heavy atom. The number of hydrogen-bond acceptors (Lipinski definition) is 5. The fourth-order valence-electron chi connectivity index (χ4n) is 1.48. The van der Waals surface area contributed by atoms with Gasteiger partial charge in [0.15, 0.2) is 5.82 Å². The first-order chi connectivity index (χ1) is 7.97. The Hall–Kier alpha value is -1.69. The lowest BCUT2D eigenvalue weighted by Gasteiger charge is -2.19. The van der Waals surface area contributed by atoms with Crippen LogP contribution in [0, 0.1) is 5.92 Å². The van der Waals surface area contributed by atoms with Crippen molar-refractivity contribution in [2.24, 2.45) is 11.7 Å². The molecular formula is C11H18N4O2. The van der Waals surface area contributed by atoms with Gasteiger partial charge in [-0.15, -0.1) is 0 Å². The molecule has 0 bridgehead atoms. The van der Waals surface area contributed by atoms with E-state index in [0.29, 0.717) is 12.4 Å². The van der Waals surface area contributed by atoms with Crippen molar-refractivity contribution in [3.05, 3.63) is 17.6 Å². The van der Waals surface area contributed by atoms with E-state index in [1.807, 2.05) is 20.8 Å². The topological polar surface area (TPSA) is 104 Å². The number of nitrogens with two attached hydrogens (primary N) is 2. The second-order valence-electron chi connectivity index (χ2n) is 4.01. The minimum atomic E-state index is -0.633. The highest BCUT2D eigenvalue weighted by atomic mass is 16.5. The van der Waals surface area contributed by atoms with Gasteiger partial charge in [-0.25, -0.2) is 9.97 Å². The van der Waals surface area contributed by atoms with Crippen LogP contribution in [0.1, 0.15) is 43.1 Å². The number of rotatable bonds is 5. The lowest BCUT2D eigenvalue weighted by Crippen LogP contribution is -2.19. The van der Waals surface area contributed by atoms with Gasteiger partial charge in [0.2, 0.25) is 0 Å². The molecule has 1 atom stereocenters. The van der Waals surface area contributed by atoms with Crippen molar-refractivity contribution in [2.45, 2.75) is 26.9 Å². The lowest BCUT2D eigenvalue weighted by molar-refractivity contribution is 0.0232. The van der Waals surface area contributed by atoms with Gasteiger partial charge in [0.1, 0.15) is 11.9 Å². The maximum absolute atomic E-state index is 11.0. The highest BCUT2D eigenvalue weighted by Crippen LogP contribution is 2.23. The standard InChI is InChI=1S/C11H18N4O2/c1-4-17-8(6(2)3)11-14-5-7(10(13)16)9(12)15-11/h5-6,8H,4H2,1-3H3,(H2,13,16)(H2,12,14,15). The molecule has 1 amide bonds. The first kappa shape index (κ1) is 13.4. The molecule has 0 aliphatic carbocycles. The SMILES string of the molecule is CCOC(c1ncc(C(N)=O)c(N)n1)C(C)C. The van der Waals surface area contributed by atoms with Gasteiger partial charge in [0.05, 0.1) is 5.56 Å². The zero-order valence-corrected chi connectivity index (χ0v) is 10.3. The molecule has 0 radical (unpaired) electrons. The molecule has 0 saturated heterocycles. The summed E-state index contributed by atoms with van der Waals surface area (Å²) in [6, 6.07) is 0. The van der Waals surface area contributed by atoms with Crippen molar-refractivity contribution in [3.63, 3.8) is 0 Å². The summed E-state index contributed by atoms with van der Waals surface area (Å²) in [5.41, 5.74) is 10.9. The van der Waals surface area contributed by atoms with Crippen LogP contribution in [0.3, 0.4) is 0 Å². The van der Waals surface area contributed by atoms with E-state index in [1.54, 1.807) is 0 Å². The Morgan fingerprint density at radius 2 is 2.18 bits per heavy atom. The van der Waals surface area contributed by atoms with Gasteiger partial charge >= 0.3 is 0 Å². The van der Waals surface area contributed by atoms with Gasteiger partial charge in [-0.3, -0.25) is 4.79 Å². The fourth-order valence-corrected chi connectivity index (χ4v) is 1.48. The molecule has 0 aliphatic heterocycles. The molecule has 4 N–H and O–H groups in total. The number of hydrogen-bond donors (Lipinski definition) is 2. The Bertz CT molecular complexity index is 406. The minimum Gasteiger partial charge on any atom is -0.383 e. The summed E-state index contributed by atoms with van der Waals surface area (Å²) in [5.74, 6) is 0.150. The predicted octanol–water partition coefficient (Wildman–Crippen LogP) is 0.891. The molecule has 1 aromatic rings. The van der Waals surface area contributed by atoms with Gasteiger partial charge in [0, 0.05) is 12.8 Å². The van der Waals surface area contributed by atoms with Crippen molar-refractivity contribution in [1.82, 2.24) is 9.97 Å². The van der Waals surface area contributed by atoms with Crippen LogP contribution in [0.15, 0.2) is 6.20 Å². The van der Waals surface area contributed by atoms with Crippen molar-refractivity contribution >= 4 is 11.7 Å². The van der Waals surface area contributed by atoms with E-state index in [4.69, 9.17) is 16.2 Å². The Morgan fingerprint density at radius 1 is 1.53 bits per heavy atom. The summed E-state index contributed by atoms with van der Waals surface area (Å²) in [6.07, 6.45) is 1.11. The monoisotopic (exact) mass is 238 g/mol. The molecule has 1 heterocycles. The Balaban J connectivity index is 3.06. The molecule has 1 unspecified atom stereocenters. The normalized spacial score (nSPS) is 12.7. The lowest BCUT2D eigenvalue weighted by atomic mass is 10.1. The van der Waals surface area contributed by atoms with Crippen LogP contribution in [-0.2, 0) is 4.74 Å². The van der Waals surface area contributed by atoms with E-state index < -0.39 is 5.91 Å². The van der Waals surface area contributed by atoms with E-state index in [2.05, 4.69) is 9.97 Å². The maximum Gasteiger partial charge on any atom is 0.254 e. The summed E-state index contributed by atoms with van der Waals surface area (Å²) in [7, 11) is 0. The zero-order valence-electron chi connectivity index (χ0n) is 10.3. The van der Waals surface area contributed by atoms with Crippen molar-refractivity contribution in [1.29, 1.82) is 0 Å². The van der Waals surface area contributed by atoms with Crippen LogP contribution in [0.25, 0.3) is 0 Å². The summed E-state index contributed by atoms with van der Waals surface area (Å²) >= 11 is 0. The highest BCUT2D eigenvalue weighted by Gasteiger charge is 2.20. The van der Waals surface area contributed by atoms with Crippen molar-refractivity contribution < 1.29 is 9.53 Å². The quantitative estimate of drug-likeness (QED) is 0.792. The number of carbonyl (C=O) groups excluding carboxylic acids is 1. The first-order valence-electron chi connectivity index (χ1n) is 5.51. The van der Waals surface area contributed by atoms with Gasteiger partial charge in [-0.2, -0.15) is 0 Å². The smallest absolute Gasteiger partial charge is 0.254 e. The number of amides is 1. The fraction of sp³-hybridized carbons (Fsp3) is 0.545. The summed E-state index contributed by atoms with van der Waals surface area (Å²) in [5, 5.41) is 0. The van der Waals surface area contributed by atoms with E-state index >= 15 is 0 Å². The van der Waals surface area contributed by atoms with E-state index in [-0.39, 0.29) is 23.4 Å². The molecule has 0 fully saturated rings. The van der Waals surface area contributed by atoms with Gasteiger partial charge in [0.25, 0.3) is 5.91 Å². The van der Waals surface area contributed by atoms with Crippen LogP contribution < -0.4 is 11.5 Å². The number of nitrogen functional groups attached to an aromatic ring is 1. The Kier molecular flexibility index (Phi) is 4.39. The molecule has 94 valence electrons. The molecule has 0 aliphatic rings. The molecule has 6 heteroatoms. The maximum atomic E-state index is 11.0. The number of aromatic nitrogens is 2. The zero-order chi connectivity index (χ0) is 13.0. The number of ether oxygens (including phenoxy) is 1. The highest BCUT2D eigenvalue weighted by molar-refractivity contribution is 5.96. The van der Waals surface area contributed by atoms with Crippen LogP contribution >= 0.6 is 0 Å². The first-order valence-corrected chi connectivity index (χ1v) is 5.51. The van der Waals surface area contributed by atoms with Crippen LogP contribution in [0.4, 0.5) is 5.82 Å². The predicted molar refractivity (Wildman–Crippen MR) is 64.2 cm³/mol. The van der Waals surface area contributed by atoms with Crippen LogP contribution in [0.5, 0.6) is 0 Å². The van der Waals surface area contributed by atoms with Crippen LogP contribution in [0.2, 0.25) is 0 Å². The second-order valence-corrected chi connectivity index (χ2v) is 4.01. The summed E-state index contributed by atoms with van der Waals surface area (Å²) < 4.78 is 5.55. The average molecular weight is 238 g/mol. The van der Waals surface area contributed by atoms with Gasteiger partial charge in [-0.05, 0) is 12.8 Å². The second kappa shape index (κ2) is 5.58. The summed E-state index contributed by atoms with van der Waals surface area (Å²) in [6.45, 7) is 6.46. The molecule has 0 spiro atoms. The van der Waals surface area contributed by atoms with Gasteiger partial charge < -0.3 is 16.2 Å². The Labute approximate surface area is 100 Å². The molecule has 0 saturated carbocycles. The van der Waals surface area contributed by atoms with E-state index in [1.165, 1.54) is 6.20 Å². The van der Waals surface area contributed by atoms with Crippen molar-refractivity contribution in [3.8, 4) is 0 Å². The minimum absolute atomic E-state index is 0.0906. The average Bonchev–Trinajstić information content (AvgIpc) is 2.24. The number of anilines is 1. The largest absolute Gasteiger partial charge is 0.383 e. The third-order valence-electron chi connectivity index (χ3n) is 2.31. The molecule has 1 rings (SSSR count). The molecular weight excluding hydrogens is 220 g/mol.